The van der Waals surface area contributed by atoms with Crippen molar-refractivity contribution < 1.29 is 28.6 Å². The molecule has 2 aromatic heterocycles. The van der Waals surface area contributed by atoms with Crippen molar-refractivity contribution in [2.75, 3.05) is 0 Å². The second-order valence-electron chi connectivity index (χ2n) is 4.40. The summed E-state index contributed by atoms with van der Waals surface area (Å²) < 4.78 is 10.1. The van der Waals surface area contributed by atoms with Gasteiger partial charge in [0.15, 0.2) is 10.9 Å². The van der Waals surface area contributed by atoms with Crippen LogP contribution in [0.15, 0.2) is 42.7 Å². The van der Waals surface area contributed by atoms with E-state index in [2.05, 4.69) is 0 Å². The number of carboxylic acids is 2. The van der Waals surface area contributed by atoms with Gasteiger partial charge in [-0.2, -0.15) is 0 Å². The summed E-state index contributed by atoms with van der Waals surface area (Å²) in [6, 6.07) is 3.89. The van der Waals surface area contributed by atoms with E-state index in [0.29, 0.717) is 0 Å². The molecule has 8 heteroatoms. The number of hydrogen-bond donors (Lipinski definition) is 2. The third-order valence-corrected chi connectivity index (χ3v) is 3.00. The van der Waals surface area contributed by atoms with E-state index >= 15 is 0 Å². The van der Waals surface area contributed by atoms with E-state index in [-0.39, 0.29) is 21.9 Å². The molecule has 3 rings (SSSR count). The van der Waals surface area contributed by atoms with E-state index in [1.54, 1.807) is 0 Å². The Balaban J connectivity index is 2.46. The van der Waals surface area contributed by atoms with E-state index in [0.717, 1.165) is 18.2 Å². The summed E-state index contributed by atoms with van der Waals surface area (Å²) in [5, 5.41) is 17.7. The Morgan fingerprint density at radius 1 is 0.727 bits per heavy atom. The molecular weight excluding hydrogens is 296 g/mol. The largest absolute Gasteiger partial charge is 0.475 e. The fourth-order valence-corrected chi connectivity index (χ4v) is 2.02. The van der Waals surface area contributed by atoms with Gasteiger partial charge in [-0.25, -0.2) is 9.59 Å². The predicted molar refractivity (Wildman–Crippen MR) is 72.4 cm³/mol. The van der Waals surface area contributed by atoms with Crippen molar-refractivity contribution in [1.82, 2.24) is 0 Å². The van der Waals surface area contributed by atoms with Gasteiger partial charge in [-0.1, -0.05) is 0 Å². The number of carbonyl (C=O) groups is 2. The molecule has 22 heavy (non-hydrogen) atoms. The van der Waals surface area contributed by atoms with Crippen LogP contribution < -0.4 is 10.9 Å². The molecule has 0 amide bonds. The highest BCUT2D eigenvalue weighted by Gasteiger charge is 2.15. The Labute approximate surface area is 119 Å². The Hall–Kier alpha value is -3.42. The van der Waals surface area contributed by atoms with Gasteiger partial charge in [0.05, 0.1) is 10.8 Å². The standard InChI is InChI=1S/C14H6O8/c15-7-2-11(13(17)18)21-9-4-10-6(1-5(7)9)8(16)3-12(22-10)14(19)20/h1-4H,(H,17,18)(H,19,20). The number of benzene rings is 1. The lowest BCUT2D eigenvalue weighted by atomic mass is 10.1. The SMILES string of the molecule is O=C(O)c1cc(=O)c2cc3c(=O)cc(C(=O)O)oc3cc2o1. The van der Waals surface area contributed by atoms with Crippen LogP contribution in [0.2, 0.25) is 0 Å². The maximum absolute atomic E-state index is 11.9. The maximum Gasteiger partial charge on any atom is 0.371 e. The second-order valence-corrected chi connectivity index (χ2v) is 4.40. The normalized spacial score (nSPS) is 10.9. The first-order chi connectivity index (χ1) is 10.4. The first-order valence-electron chi connectivity index (χ1n) is 5.89. The van der Waals surface area contributed by atoms with Crippen molar-refractivity contribution in [3.05, 3.63) is 56.2 Å². The van der Waals surface area contributed by atoms with Gasteiger partial charge in [-0.05, 0) is 6.07 Å². The summed E-state index contributed by atoms with van der Waals surface area (Å²) in [7, 11) is 0. The number of aromatic carboxylic acids is 2. The van der Waals surface area contributed by atoms with Gasteiger partial charge in [0.25, 0.3) is 0 Å². The number of hydrogen-bond acceptors (Lipinski definition) is 6. The van der Waals surface area contributed by atoms with Crippen molar-refractivity contribution in [2.24, 2.45) is 0 Å². The number of fused-ring (bicyclic) bond motifs is 2. The van der Waals surface area contributed by atoms with Gasteiger partial charge >= 0.3 is 11.9 Å². The van der Waals surface area contributed by atoms with Crippen molar-refractivity contribution in [3.63, 3.8) is 0 Å². The van der Waals surface area contributed by atoms with Gasteiger partial charge in [-0.3, -0.25) is 9.59 Å². The van der Waals surface area contributed by atoms with Crippen molar-refractivity contribution in [1.29, 1.82) is 0 Å². The molecule has 0 saturated heterocycles. The lowest BCUT2D eigenvalue weighted by Gasteiger charge is -2.02. The van der Waals surface area contributed by atoms with Crippen molar-refractivity contribution >= 4 is 33.9 Å². The van der Waals surface area contributed by atoms with E-state index in [4.69, 9.17) is 19.0 Å². The first kappa shape index (κ1) is 13.6. The summed E-state index contributed by atoms with van der Waals surface area (Å²) in [4.78, 5) is 45.5. The molecule has 2 N–H and O–H groups in total. The van der Waals surface area contributed by atoms with Crippen LogP contribution in [0.25, 0.3) is 21.9 Å². The Morgan fingerprint density at radius 3 is 1.50 bits per heavy atom. The monoisotopic (exact) mass is 302 g/mol. The molecule has 0 aliphatic heterocycles. The van der Waals surface area contributed by atoms with Crippen LogP contribution >= 0.6 is 0 Å². The molecule has 0 aliphatic rings. The minimum atomic E-state index is -1.43. The predicted octanol–water partition coefficient (Wildman–Crippen LogP) is 1.30. The topological polar surface area (TPSA) is 135 Å². The molecule has 8 nitrogen and oxygen atoms in total. The van der Waals surface area contributed by atoms with Crippen LogP contribution in [-0.4, -0.2) is 22.2 Å². The molecule has 110 valence electrons. The molecular formula is C14H6O8. The van der Waals surface area contributed by atoms with Crippen LogP contribution in [0, 0.1) is 0 Å². The van der Waals surface area contributed by atoms with E-state index in [9.17, 15) is 19.2 Å². The second kappa shape index (κ2) is 4.55. The highest BCUT2D eigenvalue weighted by atomic mass is 16.4. The van der Waals surface area contributed by atoms with E-state index < -0.39 is 34.3 Å². The minimum absolute atomic E-state index is 0.00660. The average Bonchev–Trinajstić information content (AvgIpc) is 2.45. The Kier molecular flexibility index (Phi) is 2.81. The molecule has 0 bridgehead atoms. The third-order valence-electron chi connectivity index (χ3n) is 3.00. The lowest BCUT2D eigenvalue weighted by molar-refractivity contribution is 0.0654. The Bertz CT molecular complexity index is 987. The van der Waals surface area contributed by atoms with E-state index in [1.165, 1.54) is 6.07 Å². The quantitative estimate of drug-likeness (QED) is 0.676. The zero-order valence-corrected chi connectivity index (χ0v) is 10.7. The summed E-state index contributed by atoms with van der Waals surface area (Å²) in [5.74, 6) is -4.01. The van der Waals surface area contributed by atoms with Crippen molar-refractivity contribution in [2.45, 2.75) is 0 Å². The maximum atomic E-state index is 11.9. The van der Waals surface area contributed by atoms with Gasteiger partial charge < -0.3 is 19.0 Å². The fourth-order valence-electron chi connectivity index (χ4n) is 2.02. The van der Waals surface area contributed by atoms with Gasteiger partial charge in [-0.15, -0.1) is 0 Å². The van der Waals surface area contributed by atoms with Crippen LogP contribution in [-0.2, 0) is 0 Å². The molecule has 0 spiro atoms. The smallest absolute Gasteiger partial charge is 0.371 e. The molecule has 3 aromatic rings. The molecule has 0 saturated carbocycles. The average molecular weight is 302 g/mol. The van der Waals surface area contributed by atoms with Crippen LogP contribution in [0.5, 0.6) is 0 Å². The molecule has 1 aromatic carbocycles. The van der Waals surface area contributed by atoms with Gasteiger partial charge in [0, 0.05) is 18.2 Å². The molecule has 2 heterocycles. The summed E-state index contributed by atoms with van der Waals surface area (Å²) in [5.41, 5.74) is -1.52. The van der Waals surface area contributed by atoms with Gasteiger partial charge in [0.2, 0.25) is 11.5 Å². The van der Waals surface area contributed by atoms with Gasteiger partial charge in [0.1, 0.15) is 11.2 Å². The molecule has 0 fully saturated rings. The minimum Gasteiger partial charge on any atom is -0.475 e. The van der Waals surface area contributed by atoms with Crippen molar-refractivity contribution in [3.8, 4) is 0 Å². The number of carboxylic acid groups (broad SMARTS) is 2. The Morgan fingerprint density at radius 2 is 1.14 bits per heavy atom. The summed E-state index contributed by atoms with van der Waals surface area (Å²) in [6.45, 7) is 0. The highest BCUT2D eigenvalue weighted by Crippen LogP contribution is 2.20. The van der Waals surface area contributed by atoms with Crippen LogP contribution in [0.4, 0.5) is 0 Å². The summed E-state index contributed by atoms with van der Waals surface area (Å²) >= 11 is 0. The third kappa shape index (κ3) is 2.03. The van der Waals surface area contributed by atoms with Crippen LogP contribution in [0.3, 0.4) is 0 Å². The van der Waals surface area contributed by atoms with E-state index in [1.807, 2.05) is 0 Å². The zero-order valence-electron chi connectivity index (χ0n) is 10.7. The zero-order chi connectivity index (χ0) is 16.0. The highest BCUT2D eigenvalue weighted by molar-refractivity contribution is 5.95. The fraction of sp³-hybridized carbons (Fsp3) is 0. The number of rotatable bonds is 2. The molecule has 0 radical (unpaired) electrons. The molecule has 0 atom stereocenters. The summed E-state index contributed by atoms with van der Waals surface area (Å²) in [6.07, 6.45) is 0. The van der Waals surface area contributed by atoms with Crippen LogP contribution in [0.1, 0.15) is 21.1 Å². The molecule has 0 unspecified atom stereocenters. The molecule has 0 aliphatic carbocycles. The lowest BCUT2D eigenvalue weighted by Crippen LogP contribution is -2.09. The first-order valence-corrected chi connectivity index (χ1v) is 5.89.